The number of nitrogens with zero attached hydrogens (tertiary/aromatic N) is 3. The molecule has 2 unspecified atom stereocenters. The van der Waals surface area contributed by atoms with Gasteiger partial charge in [-0.25, -0.2) is 0 Å². The van der Waals surface area contributed by atoms with Crippen LogP contribution in [-0.4, -0.2) is 40.4 Å². The summed E-state index contributed by atoms with van der Waals surface area (Å²) in [6.45, 7) is 6.42. The molecule has 0 aromatic carbocycles. The first kappa shape index (κ1) is 13.9. The fraction of sp³-hybridized carbons (Fsp3) is 0.867. The van der Waals surface area contributed by atoms with E-state index in [9.17, 15) is 0 Å². The molecule has 0 radical (unpaired) electrons. The molecule has 3 rings (SSSR count). The minimum absolute atomic E-state index is 0.499. The molecular weight excluding hydrogens is 250 g/mol. The van der Waals surface area contributed by atoms with Crippen LogP contribution in [0.25, 0.3) is 0 Å². The first-order valence-electron chi connectivity index (χ1n) is 8.13. The molecule has 2 N–H and O–H groups in total. The van der Waals surface area contributed by atoms with Crippen LogP contribution in [-0.2, 0) is 6.42 Å². The highest BCUT2D eigenvalue weighted by molar-refractivity contribution is 5.30. The number of rotatable bonds is 4. The van der Waals surface area contributed by atoms with Crippen LogP contribution < -0.4 is 10.2 Å². The van der Waals surface area contributed by atoms with Gasteiger partial charge in [0.1, 0.15) is 5.82 Å². The smallest absolute Gasteiger partial charge is 0.244 e. The first-order chi connectivity index (χ1) is 9.70. The number of piperazine rings is 1. The van der Waals surface area contributed by atoms with E-state index in [0.717, 1.165) is 37.2 Å². The van der Waals surface area contributed by atoms with Crippen LogP contribution in [0.2, 0.25) is 0 Å². The molecular formula is C15H27N5. The van der Waals surface area contributed by atoms with Crippen molar-refractivity contribution in [3.05, 3.63) is 5.82 Å². The van der Waals surface area contributed by atoms with Gasteiger partial charge in [0.05, 0.1) is 0 Å². The second-order valence-electron chi connectivity index (χ2n) is 6.65. The van der Waals surface area contributed by atoms with Gasteiger partial charge in [-0.3, -0.25) is 5.10 Å². The predicted molar refractivity (Wildman–Crippen MR) is 80.9 cm³/mol. The largest absolute Gasteiger partial charge is 0.336 e. The summed E-state index contributed by atoms with van der Waals surface area (Å²) in [5.74, 6) is 2.86. The Morgan fingerprint density at radius 3 is 2.55 bits per heavy atom. The number of aromatic nitrogens is 3. The molecule has 0 amide bonds. The van der Waals surface area contributed by atoms with Gasteiger partial charge in [-0.05, 0) is 26.2 Å². The molecule has 1 saturated heterocycles. The molecule has 0 bridgehead atoms. The summed E-state index contributed by atoms with van der Waals surface area (Å²) in [4.78, 5) is 6.99. The van der Waals surface area contributed by atoms with E-state index in [1.54, 1.807) is 0 Å². The van der Waals surface area contributed by atoms with Crippen molar-refractivity contribution < 1.29 is 0 Å². The van der Waals surface area contributed by atoms with Crippen molar-refractivity contribution in [3.8, 4) is 0 Å². The molecule has 2 aliphatic rings. The lowest BCUT2D eigenvalue weighted by molar-refractivity contribution is 0.403. The maximum Gasteiger partial charge on any atom is 0.244 e. The molecule has 5 heteroatoms. The molecule has 20 heavy (non-hydrogen) atoms. The average molecular weight is 277 g/mol. The van der Waals surface area contributed by atoms with Crippen molar-refractivity contribution in [1.82, 2.24) is 20.5 Å². The Morgan fingerprint density at radius 2 is 1.85 bits per heavy atom. The van der Waals surface area contributed by atoms with Gasteiger partial charge in [-0.1, -0.05) is 25.7 Å². The highest BCUT2D eigenvalue weighted by Crippen LogP contribution is 2.28. The highest BCUT2D eigenvalue weighted by Gasteiger charge is 2.24. The SMILES string of the molecule is CC1CN(c2n[nH]c(CCC3CCCC3)n2)CC(C)N1. The van der Waals surface area contributed by atoms with Gasteiger partial charge in [-0.15, -0.1) is 5.10 Å². The van der Waals surface area contributed by atoms with Crippen molar-refractivity contribution >= 4 is 5.95 Å². The number of aryl methyl sites for hydroxylation is 1. The highest BCUT2D eigenvalue weighted by atomic mass is 15.4. The van der Waals surface area contributed by atoms with Crippen molar-refractivity contribution in [2.45, 2.75) is 64.5 Å². The van der Waals surface area contributed by atoms with E-state index < -0.39 is 0 Å². The monoisotopic (exact) mass is 277 g/mol. The lowest BCUT2D eigenvalue weighted by Gasteiger charge is -2.35. The van der Waals surface area contributed by atoms with Crippen molar-refractivity contribution in [3.63, 3.8) is 0 Å². The Labute approximate surface area is 121 Å². The zero-order chi connectivity index (χ0) is 13.9. The molecule has 1 aromatic heterocycles. The second kappa shape index (κ2) is 6.12. The van der Waals surface area contributed by atoms with E-state index in [2.05, 4.69) is 34.3 Å². The van der Waals surface area contributed by atoms with E-state index in [1.807, 2.05) is 0 Å². The molecule has 1 aliphatic carbocycles. The Hall–Kier alpha value is -1.10. The number of H-pyrrole nitrogens is 1. The van der Waals surface area contributed by atoms with Crippen molar-refractivity contribution in [2.75, 3.05) is 18.0 Å². The lowest BCUT2D eigenvalue weighted by atomic mass is 10.0. The maximum absolute atomic E-state index is 4.70. The second-order valence-corrected chi connectivity index (χ2v) is 6.65. The van der Waals surface area contributed by atoms with Gasteiger partial charge in [0.25, 0.3) is 0 Å². The van der Waals surface area contributed by atoms with Crippen LogP contribution in [0.1, 0.15) is 51.8 Å². The summed E-state index contributed by atoms with van der Waals surface area (Å²) < 4.78 is 0. The first-order valence-corrected chi connectivity index (χ1v) is 8.13. The molecule has 2 heterocycles. The topological polar surface area (TPSA) is 56.8 Å². The van der Waals surface area contributed by atoms with Crippen LogP contribution >= 0.6 is 0 Å². The van der Waals surface area contributed by atoms with Gasteiger partial charge in [-0.2, -0.15) is 4.98 Å². The Morgan fingerprint density at radius 1 is 1.15 bits per heavy atom. The summed E-state index contributed by atoms with van der Waals surface area (Å²) in [6.07, 6.45) is 7.98. The van der Waals surface area contributed by atoms with Crippen LogP contribution in [0.5, 0.6) is 0 Å². The van der Waals surface area contributed by atoms with E-state index in [-0.39, 0.29) is 0 Å². The normalized spacial score (nSPS) is 28.2. The van der Waals surface area contributed by atoms with Crippen molar-refractivity contribution in [2.24, 2.45) is 5.92 Å². The molecule has 5 nitrogen and oxygen atoms in total. The Bertz CT molecular complexity index is 414. The molecule has 2 atom stereocenters. The number of anilines is 1. The van der Waals surface area contributed by atoms with Crippen LogP contribution in [0.15, 0.2) is 0 Å². The fourth-order valence-electron chi connectivity index (χ4n) is 3.67. The summed E-state index contributed by atoms with van der Waals surface area (Å²) in [6, 6.07) is 0.998. The lowest BCUT2D eigenvalue weighted by Crippen LogP contribution is -2.54. The molecule has 1 aromatic rings. The summed E-state index contributed by atoms with van der Waals surface area (Å²) >= 11 is 0. The summed E-state index contributed by atoms with van der Waals surface area (Å²) in [5.41, 5.74) is 0. The molecule has 1 saturated carbocycles. The van der Waals surface area contributed by atoms with E-state index in [4.69, 9.17) is 4.98 Å². The van der Waals surface area contributed by atoms with Gasteiger partial charge >= 0.3 is 0 Å². The Balaban J connectivity index is 1.55. The Kier molecular flexibility index (Phi) is 4.24. The van der Waals surface area contributed by atoms with Gasteiger partial charge in [0, 0.05) is 31.6 Å². The van der Waals surface area contributed by atoms with E-state index >= 15 is 0 Å². The van der Waals surface area contributed by atoms with Crippen LogP contribution in [0.4, 0.5) is 5.95 Å². The summed E-state index contributed by atoms with van der Waals surface area (Å²) in [5, 5.41) is 11.1. The zero-order valence-corrected chi connectivity index (χ0v) is 12.7. The molecule has 2 fully saturated rings. The summed E-state index contributed by atoms with van der Waals surface area (Å²) in [7, 11) is 0. The van der Waals surface area contributed by atoms with Gasteiger partial charge in [0.2, 0.25) is 5.95 Å². The van der Waals surface area contributed by atoms with Crippen molar-refractivity contribution in [1.29, 1.82) is 0 Å². The predicted octanol–water partition coefficient (Wildman–Crippen LogP) is 2.11. The number of hydrogen-bond donors (Lipinski definition) is 2. The van der Waals surface area contributed by atoms with E-state index in [0.29, 0.717) is 12.1 Å². The number of nitrogens with one attached hydrogen (secondary N) is 2. The van der Waals surface area contributed by atoms with Gasteiger partial charge in [0.15, 0.2) is 0 Å². The maximum atomic E-state index is 4.70. The number of aromatic amines is 1. The van der Waals surface area contributed by atoms with E-state index in [1.165, 1.54) is 32.1 Å². The van der Waals surface area contributed by atoms with Crippen LogP contribution in [0, 0.1) is 5.92 Å². The quantitative estimate of drug-likeness (QED) is 0.885. The third kappa shape index (κ3) is 3.32. The van der Waals surface area contributed by atoms with Gasteiger partial charge < -0.3 is 10.2 Å². The number of hydrogen-bond acceptors (Lipinski definition) is 4. The molecule has 1 aliphatic heterocycles. The standard InChI is InChI=1S/C15H27N5/c1-11-9-20(10-12(2)16-11)15-17-14(18-19-15)8-7-13-5-3-4-6-13/h11-13,16H,3-10H2,1-2H3,(H,17,18,19). The third-order valence-corrected chi connectivity index (χ3v) is 4.62. The minimum Gasteiger partial charge on any atom is -0.336 e. The zero-order valence-electron chi connectivity index (χ0n) is 12.7. The fourth-order valence-corrected chi connectivity index (χ4v) is 3.67. The average Bonchev–Trinajstić information content (AvgIpc) is 3.07. The minimum atomic E-state index is 0.499. The van der Waals surface area contributed by atoms with Crippen LogP contribution in [0.3, 0.4) is 0 Å². The molecule has 112 valence electrons. The third-order valence-electron chi connectivity index (χ3n) is 4.62. The molecule has 0 spiro atoms.